The third-order valence-electron chi connectivity index (χ3n) is 4.52. The number of nitrogens with one attached hydrogen (secondary N) is 1. The molecule has 1 atom stereocenters. The van der Waals surface area contributed by atoms with Gasteiger partial charge in [0.25, 0.3) is 0 Å². The molecule has 2 heterocycles. The fourth-order valence-corrected chi connectivity index (χ4v) is 3.26. The summed E-state index contributed by atoms with van der Waals surface area (Å²) in [5.41, 5.74) is 3.01. The van der Waals surface area contributed by atoms with Crippen LogP contribution < -0.4 is 5.32 Å². The number of hydrogen-bond donors (Lipinski definition) is 1. The third-order valence-corrected chi connectivity index (χ3v) is 4.52. The highest BCUT2D eigenvalue weighted by Gasteiger charge is 2.42. The zero-order valence-electron chi connectivity index (χ0n) is 12.0. The lowest BCUT2D eigenvalue weighted by molar-refractivity contribution is -0.0706. The van der Waals surface area contributed by atoms with Crippen molar-refractivity contribution >= 4 is 0 Å². The van der Waals surface area contributed by atoms with E-state index in [0.717, 1.165) is 32.8 Å². The molecule has 1 unspecified atom stereocenters. The van der Waals surface area contributed by atoms with Crippen LogP contribution >= 0.6 is 0 Å². The van der Waals surface area contributed by atoms with Crippen LogP contribution in [0.25, 0.3) is 0 Å². The summed E-state index contributed by atoms with van der Waals surface area (Å²) in [6.45, 7) is 7.30. The van der Waals surface area contributed by atoms with Gasteiger partial charge in [-0.05, 0) is 26.0 Å². The van der Waals surface area contributed by atoms with Gasteiger partial charge in [-0.15, -0.1) is 0 Å². The molecule has 3 heteroatoms. The number of rotatable bonds is 3. The molecule has 3 rings (SSSR count). The summed E-state index contributed by atoms with van der Waals surface area (Å²) in [6, 6.07) is 9.59. The molecule has 1 aromatic carbocycles. The Morgan fingerprint density at radius 1 is 1.32 bits per heavy atom. The average Bonchev–Trinajstić information content (AvgIpc) is 2.35. The van der Waals surface area contributed by atoms with E-state index in [0.29, 0.717) is 6.04 Å². The summed E-state index contributed by atoms with van der Waals surface area (Å²) in [5, 5.41) is 3.66. The van der Waals surface area contributed by atoms with Gasteiger partial charge in [0.05, 0.1) is 13.2 Å². The van der Waals surface area contributed by atoms with Gasteiger partial charge in [-0.3, -0.25) is 0 Å². The van der Waals surface area contributed by atoms with Crippen LogP contribution in [-0.2, 0) is 10.2 Å². The summed E-state index contributed by atoms with van der Waals surface area (Å²) in [5.74, 6) is 0. The van der Waals surface area contributed by atoms with Crippen LogP contribution in [0.4, 0.5) is 0 Å². The normalized spacial score (nSPS) is 26.9. The molecule has 2 aliphatic rings. The second-order valence-corrected chi connectivity index (χ2v) is 6.26. The molecule has 0 amide bonds. The van der Waals surface area contributed by atoms with Crippen molar-refractivity contribution in [2.75, 3.05) is 39.9 Å². The number of ether oxygens (including phenoxy) is 1. The molecule has 2 fully saturated rings. The molecule has 19 heavy (non-hydrogen) atoms. The molecule has 0 radical (unpaired) electrons. The van der Waals surface area contributed by atoms with E-state index in [-0.39, 0.29) is 5.41 Å². The van der Waals surface area contributed by atoms with Gasteiger partial charge in [-0.1, -0.05) is 29.8 Å². The zero-order valence-corrected chi connectivity index (χ0v) is 12.0. The average molecular weight is 260 g/mol. The number of hydrogen-bond acceptors (Lipinski definition) is 3. The fourth-order valence-electron chi connectivity index (χ4n) is 3.26. The number of aryl methyl sites for hydroxylation is 1. The quantitative estimate of drug-likeness (QED) is 0.892. The van der Waals surface area contributed by atoms with E-state index in [1.165, 1.54) is 17.5 Å². The molecule has 3 nitrogen and oxygen atoms in total. The van der Waals surface area contributed by atoms with Crippen LogP contribution in [0.2, 0.25) is 0 Å². The smallest absolute Gasteiger partial charge is 0.0586 e. The molecule has 1 N–H and O–H groups in total. The lowest BCUT2D eigenvalue weighted by Crippen LogP contribution is -2.56. The van der Waals surface area contributed by atoms with E-state index in [1.807, 2.05) is 0 Å². The highest BCUT2D eigenvalue weighted by molar-refractivity contribution is 5.31. The van der Waals surface area contributed by atoms with Gasteiger partial charge in [0.1, 0.15) is 0 Å². The first-order chi connectivity index (χ1) is 9.18. The Hall–Kier alpha value is -0.900. The molecule has 0 spiro atoms. The van der Waals surface area contributed by atoms with Crippen molar-refractivity contribution in [3.63, 3.8) is 0 Å². The van der Waals surface area contributed by atoms with E-state index in [2.05, 4.69) is 48.5 Å². The van der Waals surface area contributed by atoms with Crippen LogP contribution in [0, 0.1) is 6.92 Å². The highest BCUT2D eigenvalue weighted by atomic mass is 16.5. The van der Waals surface area contributed by atoms with E-state index in [4.69, 9.17) is 4.74 Å². The maximum Gasteiger partial charge on any atom is 0.0586 e. The first-order valence-electron chi connectivity index (χ1n) is 7.25. The molecule has 2 saturated heterocycles. The summed E-state index contributed by atoms with van der Waals surface area (Å²) >= 11 is 0. The van der Waals surface area contributed by atoms with Gasteiger partial charge in [-0.2, -0.15) is 0 Å². The van der Waals surface area contributed by atoms with Gasteiger partial charge >= 0.3 is 0 Å². The monoisotopic (exact) mass is 260 g/mol. The van der Waals surface area contributed by atoms with Gasteiger partial charge in [0, 0.05) is 31.1 Å². The van der Waals surface area contributed by atoms with Gasteiger partial charge in [-0.25, -0.2) is 0 Å². The molecule has 0 saturated carbocycles. The number of nitrogens with zero attached hydrogens (tertiary/aromatic N) is 1. The number of piperazine rings is 1. The first kappa shape index (κ1) is 13.1. The van der Waals surface area contributed by atoms with Crippen molar-refractivity contribution in [3.8, 4) is 0 Å². The standard InChI is InChI=1S/C16H24N2O/c1-13-3-5-14(6-4-13)16(11-19-12-16)9-15-10-18(2)8-7-17-15/h3-6,15,17H,7-12H2,1-2H3. The molecule has 104 valence electrons. The second kappa shape index (κ2) is 5.23. The summed E-state index contributed by atoms with van der Waals surface area (Å²) in [7, 11) is 2.21. The van der Waals surface area contributed by atoms with Crippen molar-refractivity contribution in [2.45, 2.75) is 24.8 Å². The number of likely N-dealkylation sites (N-methyl/N-ethyl adjacent to an activating group) is 1. The molecule has 0 bridgehead atoms. The van der Waals surface area contributed by atoms with Gasteiger partial charge in [0.15, 0.2) is 0 Å². The Morgan fingerprint density at radius 3 is 2.63 bits per heavy atom. The van der Waals surface area contributed by atoms with E-state index >= 15 is 0 Å². The van der Waals surface area contributed by atoms with Crippen molar-refractivity contribution in [3.05, 3.63) is 35.4 Å². The summed E-state index contributed by atoms with van der Waals surface area (Å²) in [4.78, 5) is 2.42. The van der Waals surface area contributed by atoms with Crippen LogP contribution in [-0.4, -0.2) is 50.8 Å². The highest BCUT2D eigenvalue weighted by Crippen LogP contribution is 2.37. The van der Waals surface area contributed by atoms with Crippen molar-refractivity contribution in [1.82, 2.24) is 10.2 Å². The Labute approximate surface area is 115 Å². The summed E-state index contributed by atoms with van der Waals surface area (Å²) in [6.07, 6.45) is 1.18. The van der Waals surface area contributed by atoms with Crippen molar-refractivity contribution in [2.24, 2.45) is 0 Å². The largest absolute Gasteiger partial charge is 0.379 e. The maximum absolute atomic E-state index is 5.55. The molecule has 1 aromatic rings. The predicted molar refractivity (Wildman–Crippen MR) is 77.6 cm³/mol. The Morgan fingerprint density at radius 2 is 2.05 bits per heavy atom. The zero-order chi connectivity index (χ0) is 13.3. The molecule has 2 aliphatic heterocycles. The minimum Gasteiger partial charge on any atom is -0.379 e. The fraction of sp³-hybridized carbons (Fsp3) is 0.625. The van der Waals surface area contributed by atoms with E-state index in [9.17, 15) is 0 Å². The first-order valence-corrected chi connectivity index (χ1v) is 7.25. The van der Waals surface area contributed by atoms with E-state index < -0.39 is 0 Å². The number of benzene rings is 1. The minimum absolute atomic E-state index is 0.240. The second-order valence-electron chi connectivity index (χ2n) is 6.26. The van der Waals surface area contributed by atoms with Crippen LogP contribution in [0.5, 0.6) is 0 Å². The van der Waals surface area contributed by atoms with Gasteiger partial charge in [0.2, 0.25) is 0 Å². The SMILES string of the molecule is Cc1ccc(C2(CC3CN(C)CCN3)COC2)cc1. The van der Waals surface area contributed by atoms with Crippen LogP contribution in [0.3, 0.4) is 0 Å². The lowest BCUT2D eigenvalue weighted by Gasteiger charge is -2.45. The van der Waals surface area contributed by atoms with E-state index in [1.54, 1.807) is 0 Å². The maximum atomic E-state index is 5.55. The summed E-state index contributed by atoms with van der Waals surface area (Å²) < 4.78 is 5.55. The third kappa shape index (κ3) is 2.69. The van der Waals surface area contributed by atoms with Crippen molar-refractivity contribution < 1.29 is 4.74 Å². The van der Waals surface area contributed by atoms with Gasteiger partial charge < -0.3 is 15.0 Å². The Balaban J connectivity index is 1.74. The predicted octanol–water partition coefficient (Wildman–Crippen LogP) is 1.56. The Kier molecular flexibility index (Phi) is 3.61. The minimum atomic E-state index is 0.240. The van der Waals surface area contributed by atoms with Crippen molar-refractivity contribution in [1.29, 1.82) is 0 Å². The lowest BCUT2D eigenvalue weighted by atomic mass is 9.73. The molecular formula is C16H24N2O. The molecule has 0 aliphatic carbocycles. The molecular weight excluding hydrogens is 236 g/mol. The molecule has 0 aromatic heterocycles. The van der Waals surface area contributed by atoms with Crippen LogP contribution in [0.1, 0.15) is 17.5 Å². The topological polar surface area (TPSA) is 24.5 Å². The Bertz CT molecular complexity index is 425. The van der Waals surface area contributed by atoms with Crippen LogP contribution in [0.15, 0.2) is 24.3 Å².